The summed E-state index contributed by atoms with van der Waals surface area (Å²) in [6, 6.07) is 15.9. The lowest BCUT2D eigenvalue weighted by atomic mass is 10.2. The lowest BCUT2D eigenvalue weighted by Gasteiger charge is -2.28. The topological polar surface area (TPSA) is 78.7 Å². The number of nitrogens with one attached hydrogen (secondary N) is 1. The van der Waals surface area contributed by atoms with Crippen LogP contribution in [0.4, 0.5) is 17.1 Å². The highest BCUT2D eigenvalue weighted by Crippen LogP contribution is 2.19. The van der Waals surface area contributed by atoms with Gasteiger partial charge in [-0.2, -0.15) is 0 Å². The van der Waals surface area contributed by atoms with Crippen LogP contribution in [0.1, 0.15) is 6.92 Å². The van der Waals surface area contributed by atoms with Crippen LogP contribution in [-0.2, 0) is 9.59 Å². The zero-order valence-corrected chi connectivity index (χ0v) is 14.8. The number of rotatable bonds is 6. The van der Waals surface area contributed by atoms with Gasteiger partial charge >= 0.3 is 0 Å². The zero-order valence-electron chi connectivity index (χ0n) is 14.8. The van der Waals surface area contributed by atoms with E-state index in [1.54, 1.807) is 19.1 Å². The van der Waals surface area contributed by atoms with E-state index in [1.807, 2.05) is 61.5 Å². The molecule has 132 valence electrons. The van der Waals surface area contributed by atoms with Crippen LogP contribution in [0.5, 0.6) is 0 Å². The van der Waals surface area contributed by atoms with Crippen molar-refractivity contribution in [2.75, 3.05) is 35.8 Å². The van der Waals surface area contributed by atoms with Crippen LogP contribution in [0.2, 0.25) is 0 Å². The molecule has 2 rings (SSSR count). The highest BCUT2D eigenvalue weighted by Gasteiger charge is 2.26. The Morgan fingerprint density at radius 2 is 1.60 bits per heavy atom. The SMILES string of the molecule is CC(C(=O)Nc1ccc(N(C)C)cc1)N(C(=O)CN)c1ccccc1. The summed E-state index contributed by atoms with van der Waals surface area (Å²) >= 11 is 0. The fourth-order valence-electron chi connectivity index (χ4n) is 2.48. The smallest absolute Gasteiger partial charge is 0.247 e. The van der Waals surface area contributed by atoms with E-state index in [2.05, 4.69) is 5.32 Å². The van der Waals surface area contributed by atoms with Gasteiger partial charge in [0.1, 0.15) is 6.04 Å². The number of hydrogen-bond donors (Lipinski definition) is 2. The average Bonchev–Trinajstić information content (AvgIpc) is 2.62. The molecular formula is C19H24N4O2. The van der Waals surface area contributed by atoms with Gasteiger partial charge in [-0.1, -0.05) is 18.2 Å². The second-order valence-corrected chi connectivity index (χ2v) is 5.91. The molecule has 0 radical (unpaired) electrons. The van der Waals surface area contributed by atoms with Crippen molar-refractivity contribution in [3.63, 3.8) is 0 Å². The first-order valence-electron chi connectivity index (χ1n) is 8.09. The van der Waals surface area contributed by atoms with E-state index in [-0.39, 0.29) is 18.4 Å². The second kappa shape index (κ2) is 8.30. The number of nitrogens with zero attached hydrogens (tertiary/aromatic N) is 2. The van der Waals surface area contributed by atoms with Gasteiger partial charge in [0.15, 0.2) is 0 Å². The molecule has 2 amide bonds. The monoisotopic (exact) mass is 340 g/mol. The Morgan fingerprint density at radius 1 is 1.00 bits per heavy atom. The van der Waals surface area contributed by atoms with E-state index in [4.69, 9.17) is 5.73 Å². The van der Waals surface area contributed by atoms with Gasteiger partial charge < -0.3 is 16.0 Å². The molecule has 6 heteroatoms. The average molecular weight is 340 g/mol. The van der Waals surface area contributed by atoms with Crippen LogP contribution in [0.15, 0.2) is 54.6 Å². The normalized spacial score (nSPS) is 11.5. The molecule has 0 saturated heterocycles. The molecule has 0 fully saturated rings. The highest BCUT2D eigenvalue weighted by atomic mass is 16.2. The Hall–Kier alpha value is -2.86. The maximum atomic E-state index is 12.6. The van der Waals surface area contributed by atoms with Crippen molar-refractivity contribution >= 4 is 28.9 Å². The zero-order chi connectivity index (χ0) is 18.4. The minimum Gasteiger partial charge on any atom is -0.378 e. The first kappa shape index (κ1) is 18.5. The minimum absolute atomic E-state index is 0.163. The lowest BCUT2D eigenvalue weighted by molar-refractivity contribution is -0.122. The summed E-state index contributed by atoms with van der Waals surface area (Å²) in [5.74, 6) is -0.583. The quantitative estimate of drug-likeness (QED) is 0.844. The molecule has 0 saturated carbocycles. The molecular weight excluding hydrogens is 316 g/mol. The van der Waals surface area contributed by atoms with Crippen LogP contribution in [0, 0.1) is 0 Å². The van der Waals surface area contributed by atoms with Crippen molar-refractivity contribution < 1.29 is 9.59 Å². The van der Waals surface area contributed by atoms with E-state index in [0.29, 0.717) is 11.4 Å². The summed E-state index contributed by atoms with van der Waals surface area (Å²) in [4.78, 5) is 28.3. The van der Waals surface area contributed by atoms with E-state index in [1.165, 1.54) is 4.90 Å². The number of hydrogen-bond acceptors (Lipinski definition) is 4. The summed E-state index contributed by atoms with van der Waals surface area (Å²) in [5, 5.41) is 2.84. The minimum atomic E-state index is -0.688. The van der Waals surface area contributed by atoms with Gasteiger partial charge in [-0.25, -0.2) is 0 Å². The number of anilines is 3. The maximum absolute atomic E-state index is 12.6. The molecule has 0 bridgehead atoms. The van der Waals surface area contributed by atoms with Gasteiger partial charge in [0.05, 0.1) is 6.54 Å². The first-order valence-corrected chi connectivity index (χ1v) is 8.09. The van der Waals surface area contributed by atoms with Crippen molar-refractivity contribution in [3.8, 4) is 0 Å². The van der Waals surface area contributed by atoms with Crippen molar-refractivity contribution in [2.45, 2.75) is 13.0 Å². The van der Waals surface area contributed by atoms with Crippen LogP contribution >= 0.6 is 0 Å². The number of carbonyl (C=O) groups excluding carboxylic acids is 2. The van der Waals surface area contributed by atoms with Crippen LogP contribution in [-0.4, -0.2) is 38.5 Å². The number of amides is 2. The third kappa shape index (κ3) is 4.58. The molecule has 1 unspecified atom stereocenters. The molecule has 0 aliphatic carbocycles. The molecule has 2 aromatic carbocycles. The summed E-state index contributed by atoms with van der Waals surface area (Å²) in [6.07, 6.45) is 0. The van der Waals surface area contributed by atoms with Crippen molar-refractivity contribution in [1.29, 1.82) is 0 Å². The number of carbonyl (C=O) groups is 2. The third-order valence-electron chi connectivity index (χ3n) is 3.90. The van der Waals surface area contributed by atoms with Gasteiger partial charge in [-0.15, -0.1) is 0 Å². The molecule has 1 atom stereocenters. The summed E-state index contributed by atoms with van der Waals surface area (Å²) in [7, 11) is 3.90. The van der Waals surface area contributed by atoms with Gasteiger partial charge in [-0.05, 0) is 43.3 Å². The molecule has 3 N–H and O–H groups in total. The standard InChI is InChI=1S/C19H24N4O2/c1-14(23(18(24)13-20)17-7-5-4-6-8-17)19(25)21-15-9-11-16(12-10-15)22(2)3/h4-12,14H,13,20H2,1-3H3,(H,21,25). The molecule has 0 spiro atoms. The number of para-hydroxylation sites is 1. The largest absolute Gasteiger partial charge is 0.378 e. The predicted octanol–water partition coefficient (Wildman–Crippen LogP) is 2.07. The Morgan fingerprint density at radius 3 is 2.12 bits per heavy atom. The van der Waals surface area contributed by atoms with Crippen LogP contribution < -0.4 is 20.9 Å². The van der Waals surface area contributed by atoms with Crippen molar-refractivity contribution in [3.05, 3.63) is 54.6 Å². The van der Waals surface area contributed by atoms with Crippen LogP contribution in [0.3, 0.4) is 0 Å². The summed E-state index contributed by atoms with van der Waals surface area (Å²) < 4.78 is 0. The molecule has 0 heterocycles. The molecule has 25 heavy (non-hydrogen) atoms. The Balaban J connectivity index is 2.16. The molecule has 0 aliphatic rings. The fourth-order valence-corrected chi connectivity index (χ4v) is 2.48. The third-order valence-corrected chi connectivity index (χ3v) is 3.90. The number of benzene rings is 2. The van der Waals surface area contributed by atoms with Gasteiger partial charge in [0, 0.05) is 31.2 Å². The highest BCUT2D eigenvalue weighted by molar-refractivity contribution is 6.05. The van der Waals surface area contributed by atoms with Crippen molar-refractivity contribution in [1.82, 2.24) is 0 Å². The molecule has 2 aromatic rings. The molecule has 6 nitrogen and oxygen atoms in total. The lowest BCUT2D eigenvalue weighted by Crippen LogP contribution is -2.48. The van der Waals surface area contributed by atoms with E-state index in [9.17, 15) is 9.59 Å². The number of nitrogens with two attached hydrogens (primary N) is 1. The van der Waals surface area contributed by atoms with Gasteiger partial charge in [0.25, 0.3) is 0 Å². The van der Waals surface area contributed by atoms with Crippen molar-refractivity contribution in [2.24, 2.45) is 5.73 Å². The Bertz CT molecular complexity index is 714. The van der Waals surface area contributed by atoms with Crippen LogP contribution in [0.25, 0.3) is 0 Å². The Labute approximate surface area is 148 Å². The Kier molecular flexibility index (Phi) is 6.14. The van der Waals surface area contributed by atoms with E-state index < -0.39 is 6.04 Å². The second-order valence-electron chi connectivity index (χ2n) is 5.91. The summed E-state index contributed by atoms with van der Waals surface area (Å²) in [6.45, 7) is 1.52. The van der Waals surface area contributed by atoms with Gasteiger partial charge in [0.2, 0.25) is 11.8 Å². The maximum Gasteiger partial charge on any atom is 0.247 e. The summed E-state index contributed by atoms with van der Waals surface area (Å²) in [5.41, 5.74) is 7.87. The molecule has 0 aromatic heterocycles. The predicted molar refractivity (Wildman–Crippen MR) is 102 cm³/mol. The first-order chi connectivity index (χ1) is 11.9. The van der Waals surface area contributed by atoms with E-state index >= 15 is 0 Å². The van der Waals surface area contributed by atoms with E-state index in [0.717, 1.165) is 5.69 Å². The molecule has 0 aliphatic heterocycles. The fraction of sp³-hybridized carbons (Fsp3) is 0.263. The van der Waals surface area contributed by atoms with Gasteiger partial charge in [-0.3, -0.25) is 14.5 Å².